The first-order valence-corrected chi connectivity index (χ1v) is 28.9. The minimum Gasteiger partial charge on any atom is -0.414 e. The maximum atomic E-state index is 14.1. The van der Waals surface area contributed by atoms with Crippen molar-refractivity contribution >= 4 is 26.5 Å². The van der Waals surface area contributed by atoms with Crippen molar-refractivity contribution in [2.24, 2.45) is 11.8 Å². The molecule has 0 saturated carbocycles. The third-order valence-corrected chi connectivity index (χ3v) is 24.7. The molecule has 57 heavy (non-hydrogen) atoms. The Balaban J connectivity index is 1.59. The highest BCUT2D eigenvalue weighted by molar-refractivity contribution is 7.91. The average Bonchev–Trinajstić information content (AvgIpc) is 3.63. The molecule has 0 amide bonds. The van der Waals surface area contributed by atoms with Crippen LogP contribution in [0.3, 0.4) is 0 Å². The van der Waals surface area contributed by atoms with E-state index in [9.17, 15) is 13.5 Å². The van der Waals surface area contributed by atoms with Crippen LogP contribution in [-0.2, 0) is 37.6 Å². The van der Waals surface area contributed by atoms with Crippen molar-refractivity contribution in [2.75, 3.05) is 26.1 Å². The van der Waals surface area contributed by atoms with Gasteiger partial charge < -0.3 is 32.9 Å². The molecule has 3 saturated heterocycles. The summed E-state index contributed by atoms with van der Waals surface area (Å²) in [7, 11) is -6.35. The Bertz CT molecular complexity index is 1570. The van der Waals surface area contributed by atoms with Crippen molar-refractivity contribution in [3.8, 4) is 0 Å². The zero-order chi connectivity index (χ0) is 42.6. The summed E-state index contributed by atoms with van der Waals surface area (Å²) >= 11 is 0. The van der Waals surface area contributed by atoms with Gasteiger partial charge in [-0.25, -0.2) is 8.42 Å². The minimum atomic E-state index is -3.68. The highest BCUT2D eigenvalue weighted by Crippen LogP contribution is 2.44. The van der Waals surface area contributed by atoms with Gasteiger partial charge in [-0.15, -0.1) is 0 Å². The first-order valence-electron chi connectivity index (χ1n) is 21.4. The van der Waals surface area contributed by atoms with Crippen molar-refractivity contribution in [2.45, 2.75) is 190 Å². The van der Waals surface area contributed by atoms with Gasteiger partial charge in [0.05, 0.1) is 66.1 Å². The number of rotatable bonds is 19. The van der Waals surface area contributed by atoms with Crippen LogP contribution in [-0.4, -0.2) is 105 Å². The van der Waals surface area contributed by atoms with E-state index in [0.29, 0.717) is 24.3 Å². The average molecular weight is 851 g/mol. The van der Waals surface area contributed by atoms with Crippen LogP contribution in [0.25, 0.3) is 0 Å². The lowest BCUT2D eigenvalue weighted by molar-refractivity contribution is -0.0782. The van der Waals surface area contributed by atoms with E-state index in [1.165, 1.54) is 0 Å². The van der Waals surface area contributed by atoms with Crippen molar-refractivity contribution in [3.05, 3.63) is 54.6 Å². The summed E-state index contributed by atoms with van der Waals surface area (Å²) < 4.78 is 68.6. The molecule has 0 spiro atoms. The molecule has 326 valence electrons. The lowest BCUT2D eigenvalue weighted by Gasteiger charge is -2.42. The smallest absolute Gasteiger partial charge is 0.192 e. The number of aliphatic hydroxyl groups is 1. The fourth-order valence-electron chi connectivity index (χ4n) is 8.08. The molecular weight excluding hydrogens is 773 g/mol. The van der Waals surface area contributed by atoms with Crippen molar-refractivity contribution < 1.29 is 41.3 Å². The molecule has 3 heterocycles. The fraction of sp³-hybridized carbons (Fsp3) is 0.778. The van der Waals surface area contributed by atoms with Crippen LogP contribution < -0.4 is 0 Å². The molecule has 10 atom stereocenters. The zero-order valence-corrected chi connectivity index (χ0v) is 40.3. The lowest BCUT2D eigenvalue weighted by Crippen LogP contribution is -2.49. The molecule has 3 aliphatic rings. The van der Waals surface area contributed by atoms with E-state index in [-0.39, 0.29) is 58.9 Å². The minimum absolute atomic E-state index is 0.000157. The van der Waals surface area contributed by atoms with Gasteiger partial charge in [-0.3, -0.25) is 0 Å². The highest BCUT2D eigenvalue weighted by Gasteiger charge is 2.50. The van der Waals surface area contributed by atoms with Gasteiger partial charge >= 0.3 is 0 Å². The lowest BCUT2D eigenvalue weighted by atomic mass is 9.83. The number of ether oxygens (including phenoxy) is 4. The summed E-state index contributed by atoms with van der Waals surface area (Å²) in [4.78, 5) is 0.297. The third-order valence-electron chi connectivity index (χ3n) is 13.8. The second kappa shape index (κ2) is 19.7. The highest BCUT2D eigenvalue weighted by atomic mass is 32.2. The Kier molecular flexibility index (Phi) is 16.7. The van der Waals surface area contributed by atoms with E-state index in [0.717, 1.165) is 49.7 Å². The molecule has 1 N–H and O–H groups in total. The fourth-order valence-corrected chi connectivity index (χ4v) is 12.1. The molecule has 0 radical (unpaired) electrons. The van der Waals surface area contributed by atoms with Gasteiger partial charge in [0.15, 0.2) is 26.5 Å². The molecule has 0 aromatic heterocycles. The second-order valence-electron chi connectivity index (χ2n) is 20.2. The third kappa shape index (κ3) is 12.7. The number of aliphatic hydroxyl groups excluding tert-OH is 1. The van der Waals surface area contributed by atoms with Gasteiger partial charge in [0.25, 0.3) is 0 Å². The second-order valence-corrected chi connectivity index (χ2v) is 31.8. The van der Waals surface area contributed by atoms with E-state index < -0.39 is 50.7 Å². The Morgan fingerprint density at radius 2 is 1.51 bits per heavy atom. The number of sulfone groups is 1. The van der Waals surface area contributed by atoms with Crippen LogP contribution in [0.1, 0.15) is 99.8 Å². The number of hydrogen-bond acceptors (Lipinski definition) is 9. The van der Waals surface area contributed by atoms with Crippen LogP contribution in [0.2, 0.25) is 36.3 Å². The van der Waals surface area contributed by atoms with E-state index in [4.69, 9.17) is 27.8 Å². The van der Waals surface area contributed by atoms with E-state index in [1.54, 1.807) is 31.4 Å². The van der Waals surface area contributed by atoms with Crippen molar-refractivity contribution in [3.63, 3.8) is 0 Å². The number of hydrogen-bond donors (Lipinski definition) is 1. The summed E-state index contributed by atoms with van der Waals surface area (Å²) in [6.07, 6.45) is 4.12. The maximum Gasteiger partial charge on any atom is 0.192 e. The van der Waals surface area contributed by atoms with Crippen molar-refractivity contribution in [1.29, 1.82) is 0 Å². The van der Waals surface area contributed by atoms with Gasteiger partial charge in [0.1, 0.15) is 0 Å². The standard InChI is InChI=1S/C45H78O9SSi2/c1-31-25-35(22-23-39-32(2)26-34(51-39)19-18-24-46)52-40(33(31)3)28-41-38(30-55(47,48)37-20-16-15-17-21-37)43(49-10)42(53-41)27-36(54-57(13,14)45(7,8)9)29-50-56(11,12)44(4,5)6/h15-17,20-21,31,34-36,38-43,46H,2-3,18-19,22-30H2,1,4-14H3/t31-,34+,35+,36?,38+,39+,40-,41+,42-,43-/m1/s1. The first kappa shape index (κ1) is 48.5. The Hall–Kier alpha value is -1.20. The molecule has 0 aliphatic carbocycles. The molecule has 1 aromatic rings. The van der Waals surface area contributed by atoms with Crippen LogP contribution >= 0.6 is 0 Å². The number of methoxy groups -OCH3 is 1. The number of benzene rings is 1. The molecule has 4 rings (SSSR count). The zero-order valence-electron chi connectivity index (χ0n) is 37.5. The summed E-state index contributed by atoms with van der Waals surface area (Å²) in [6.45, 7) is 34.2. The topological polar surface area (TPSA) is 110 Å². The molecule has 9 nitrogen and oxygen atoms in total. The van der Waals surface area contributed by atoms with Crippen LogP contribution in [0, 0.1) is 11.8 Å². The maximum absolute atomic E-state index is 14.1. The molecule has 0 bridgehead atoms. The largest absolute Gasteiger partial charge is 0.414 e. The summed E-state index contributed by atoms with van der Waals surface area (Å²) in [6, 6.07) is 8.68. The monoisotopic (exact) mass is 850 g/mol. The molecule has 3 aliphatic heterocycles. The molecule has 12 heteroatoms. The van der Waals surface area contributed by atoms with E-state index in [1.807, 2.05) is 6.07 Å². The van der Waals surface area contributed by atoms with E-state index >= 15 is 0 Å². The Labute approximate surface area is 348 Å². The van der Waals surface area contributed by atoms with E-state index in [2.05, 4.69) is 87.8 Å². The predicted octanol–water partition coefficient (Wildman–Crippen LogP) is 9.67. The summed E-state index contributed by atoms with van der Waals surface area (Å²) in [5.74, 6) is -0.324. The first-order chi connectivity index (χ1) is 26.4. The van der Waals surface area contributed by atoms with Gasteiger partial charge in [-0.05, 0) is 104 Å². The molecule has 3 fully saturated rings. The SMILES string of the molecule is C=C1C[C@H](CCCO)O[C@H]1CC[C@H]1C[C@@H](C)C(=C)[C@@H](C[C@@H]2O[C@H](CC(CO[Si](C)(C)C(C)(C)C)O[Si](C)(C)C(C)(C)C)[C@H](OC)[C@H]2CS(=O)(=O)c2ccccc2)O1. The predicted molar refractivity (Wildman–Crippen MR) is 235 cm³/mol. The van der Waals surface area contributed by atoms with Crippen LogP contribution in [0.5, 0.6) is 0 Å². The van der Waals surface area contributed by atoms with Gasteiger partial charge in [0.2, 0.25) is 0 Å². The normalized spacial score (nSPS) is 29.9. The quantitative estimate of drug-likeness (QED) is 0.108. The van der Waals surface area contributed by atoms with Gasteiger partial charge in [0, 0.05) is 32.5 Å². The Morgan fingerprint density at radius 1 is 0.877 bits per heavy atom. The van der Waals surface area contributed by atoms with Crippen molar-refractivity contribution in [1.82, 2.24) is 0 Å². The summed E-state index contributed by atoms with van der Waals surface area (Å²) in [5, 5.41) is 9.32. The van der Waals surface area contributed by atoms with Gasteiger partial charge in [-0.2, -0.15) is 0 Å². The Morgan fingerprint density at radius 3 is 2.11 bits per heavy atom. The van der Waals surface area contributed by atoms with Gasteiger partial charge in [-0.1, -0.05) is 79.8 Å². The molecule has 1 aromatic carbocycles. The van der Waals surface area contributed by atoms with Crippen LogP contribution in [0.4, 0.5) is 0 Å². The van der Waals surface area contributed by atoms with Crippen LogP contribution in [0.15, 0.2) is 59.5 Å². The summed E-state index contributed by atoms with van der Waals surface area (Å²) in [5.41, 5.74) is 2.14. The molecular formula is C45H78O9SSi2. The molecule has 1 unspecified atom stereocenters.